The van der Waals surface area contributed by atoms with Gasteiger partial charge in [0.2, 0.25) is 5.88 Å². The van der Waals surface area contributed by atoms with E-state index in [1.807, 2.05) is 13.1 Å². The maximum Gasteiger partial charge on any atom is 0.219 e. The molecule has 1 N–H and O–H groups in total. The van der Waals surface area contributed by atoms with E-state index in [4.69, 9.17) is 4.74 Å². The van der Waals surface area contributed by atoms with E-state index in [1.165, 1.54) is 12.1 Å². The zero-order valence-electron chi connectivity index (χ0n) is 9.78. The largest absolute Gasteiger partial charge is 0.438 e. The van der Waals surface area contributed by atoms with Crippen molar-refractivity contribution in [3.05, 3.63) is 52.4 Å². The first-order chi connectivity index (χ1) is 8.69. The fourth-order valence-electron chi connectivity index (χ4n) is 1.45. The molecule has 1 aromatic carbocycles. The van der Waals surface area contributed by atoms with Crippen molar-refractivity contribution in [2.24, 2.45) is 0 Å². The van der Waals surface area contributed by atoms with Gasteiger partial charge in [0.15, 0.2) is 0 Å². The smallest absolute Gasteiger partial charge is 0.219 e. The van der Waals surface area contributed by atoms with Crippen LogP contribution in [0.15, 0.2) is 41.0 Å². The molecule has 0 bridgehead atoms. The van der Waals surface area contributed by atoms with Crippen LogP contribution in [0.4, 0.5) is 4.39 Å². The third-order valence-electron chi connectivity index (χ3n) is 2.29. The van der Waals surface area contributed by atoms with Crippen LogP contribution >= 0.6 is 15.9 Å². The predicted octanol–water partition coefficient (Wildman–Crippen LogP) is 3.49. The molecule has 0 saturated carbocycles. The van der Waals surface area contributed by atoms with Crippen molar-refractivity contribution in [1.82, 2.24) is 10.3 Å². The molecule has 1 aromatic heterocycles. The zero-order valence-corrected chi connectivity index (χ0v) is 11.4. The quantitative estimate of drug-likeness (QED) is 0.938. The molecule has 3 nitrogen and oxygen atoms in total. The lowest BCUT2D eigenvalue weighted by atomic mass is 10.3. The average Bonchev–Trinajstić information content (AvgIpc) is 2.37. The van der Waals surface area contributed by atoms with E-state index in [0.717, 1.165) is 12.1 Å². The van der Waals surface area contributed by atoms with Crippen molar-refractivity contribution in [2.45, 2.75) is 6.54 Å². The number of nitrogens with one attached hydrogen (secondary N) is 1. The van der Waals surface area contributed by atoms with E-state index in [9.17, 15) is 4.39 Å². The summed E-state index contributed by atoms with van der Waals surface area (Å²) < 4.78 is 19.3. The minimum Gasteiger partial charge on any atom is -0.438 e. The highest BCUT2D eigenvalue weighted by Gasteiger charge is 2.05. The number of pyridine rings is 1. The van der Waals surface area contributed by atoms with Crippen LogP contribution in [0.3, 0.4) is 0 Å². The van der Waals surface area contributed by atoms with Gasteiger partial charge in [-0.3, -0.25) is 0 Å². The minimum atomic E-state index is -0.347. The summed E-state index contributed by atoms with van der Waals surface area (Å²) >= 11 is 3.30. The molecular weight excluding hydrogens is 299 g/mol. The van der Waals surface area contributed by atoms with Crippen LogP contribution in [0.5, 0.6) is 11.6 Å². The Kier molecular flexibility index (Phi) is 4.28. The second-order valence-corrected chi connectivity index (χ2v) is 4.57. The minimum absolute atomic E-state index is 0.347. The van der Waals surface area contributed by atoms with Gasteiger partial charge in [0.1, 0.15) is 11.6 Å². The van der Waals surface area contributed by atoms with Crippen molar-refractivity contribution in [3.8, 4) is 11.6 Å². The summed E-state index contributed by atoms with van der Waals surface area (Å²) in [4.78, 5) is 4.16. The molecule has 2 rings (SSSR count). The first-order valence-corrected chi connectivity index (χ1v) is 6.21. The Morgan fingerprint density at radius 1 is 1.33 bits per heavy atom. The molecule has 0 radical (unpaired) electrons. The zero-order chi connectivity index (χ0) is 13.0. The summed E-state index contributed by atoms with van der Waals surface area (Å²) in [5.74, 6) is 0.491. The van der Waals surface area contributed by atoms with Crippen LogP contribution in [0.1, 0.15) is 5.56 Å². The van der Waals surface area contributed by atoms with Crippen molar-refractivity contribution in [3.63, 3.8) is 0 Å². The van der Waals surface area contributed by atoms with Gasteiger partial charge in [0.05, 0.1) is 4.47 Å². The van der Waals surface area contributed by atoms with Crippen LogP contribution < -0.4 is 10.1 Å². The molecule has 1 heterocycles. The molecular formula is C13H12BrFN2O. The molecule has 0 aliphatic carbocycles. The summed E-state index contributed by atoms with van der Waals surface area (Å²) in [5.41, 5.74) is 1.06. The molecule has 0 amide bonds. The van der Waals surface area contributed by atoms with E-state index in [0.29, 0.717) is 16.1 Å². The van der Waals surface area contributed by atoms with Crippen LogP contribution in [0.25, 0.3) is 0 Å². The van der Waals surface area contributed by atoms with E-state index in [2.05, 4.69) is 26.2 Å². The maximum absolute atomic E-state index is 13.1. The third kappa shape index (κ3) is 3.27. The van der Waals surface area contributed by atoms with Gasteiger partial charge in [-0.15, -0.1) is 0 Å². The van der Waals surface area contributed by atoms with Crippen molar-refractivity contribution in [1.29, 1.82) is 0 Å². The van der Waals surface area contributed by atoms with Crippen LogP contribution in [-0.2, 0) is 6.54 Å². The molecule has 0 aliphatic heterocycles. The normalized spacial score (nSPS) is 10.4. The van der Waals surface area contributed by atoms with Crippen LogP contribution in [-0.4, -0.2) is 12.0 Å². The SMILES string of the molecule is CNCc1ccc(Oc2cc(F)ccc2Br)nc1. The molecule has 0 aliphatic rings. The highest BCUT2D eigenvalue weighted by molar-refractivity contribution is 9.10. The van der Waals surface area contributed by atoms with E-state index >= 15 is 0 Å². The summed E-state index contributed by atoms with van der Waals surface area (Å²) in [6.07, 6.45) is 1.72. The number of hydrogen-bond donors (Lipinski definition) is 1. The summed E-state index contributed by atoms with van der Waals surface area (Å²) in [6, 6.07) is 7.93. The Morgan fingerprint density at radius 2 is 2.17 bits per heavy atom. The lowest BCUT2D eigenvalue weighted by Crippen LogP contribution is -2.05. The Balaban J connectivity index is 2.15. The van der Waals surface area contributed by atoms with Gasteiger partial charge in [-0.25, -0.2) is 9.37 Å². The number of rotatable bonds is 4. The molecule has 2 aromatic rings. The van der Waals surface area contributed by atoms with Gasteiger partial charge >= 0.3 is 0 Å². The molecule has 5 heteroatoms. The number of hydrogen-bond acceptors (Lipinski definition) is 3. The summed E-state index contributed by atoms with van der Waals surface area (Å²) in [7, 11) is 1.87. The maximum atomic E-state index is 13.1. The molecule has 0 saturated heterocycles. The molecule has 18 heavy (non-hydrogen) atoms. The molecule has 0 atom stereocenters. The van der Waals surface area contributed by atoms with Gasteiger partial charge in [-0.1, -0.05) is 6.07 Å². The van der Waals surface area contributed by atoms with Crippen molar-refractivity contribution in [2.75, 3.05) is 7.05 Å². The molecule has 0 fully saturated rings. The van der Waals surface area contributed by atoms with E-state index < -0.39 is 0 Å². The fraction of sp³-hybridized carbons (Fsp3) is 0.154. The van der Waals surface area contributed by atoms with Crippen LogP contribution in [0, 0.1) is 5.82 Å². The first kappa shape index (κ1) is 13.0. The fourth-order valence-corrected chi connectivity index (χ4v) is 1.78. The molecule has 0 spiro atoms. The second-order valence-electron chi connectivity index (χ2n) is 3.71. The molecule has 0 unspecified atom stereocenters. The number of benzene rings is 1. The van der Waals surface area contributed by atoms with Gasteiger partial charge in [-0.2, -0.15) is 0 Å². The first-order valence-electron chi connectivity index (χ1n) is 5.41. The number of aromatic nitrogens is 1. The van der Waals surface area contributed by atoms with Gasteiger partial charge in [0.25, 0.3) is 0 Å². The number of ether oxygens (including phenoxy) is 1. The second kappa shape index (κ2) is 5.93. The van der Waals surface area contributed by atoms with Gasteiger partial charge in [0, 0.05) is 24.9 Å². The Hall–Kier alpha value is -1.46. The highest BCUT2D eigenvalue weighted by Crippen LogP contribution is 2.29. The highest BCUT2D eigenvalue weighted by atomic mass is 79.9. The van der Waals surface area contributed by atoms with E-state index in [-0.39, 0.29) is 5.82 Å². The monoisotopic (exact) mass is 310 g/mol. The topological polar surface area (TPSA) is 34.1 Å². The number of halogens is 2. The summed E-state index contributed by atoms with van der Waals surface area (Å²) in [5, 5.41) is 3.03. The predicted molar refractivity (Wildman–Crippen MR) is 71.2 cm³/mol. The Labute approximate surface area is 113 Å². The lowest BCUT2D eigenvalue weighted by molar-refractivity contribution is 0.454. The van der Waals surface area contributed by atoms with Crippen molar-refractivity contribution >= 4 is 15.9 Å². The van der Waals surface area contributed by atoms with Gasteiger partial charge in [-0.05, 0) is 40.7 Å². The standard InChI is InChI=1S/C13H12BrFN2O/c1-16-7-9-2-5-13(17-8-9)18-12-6-10(15)3-4-11(12)14/h2-6,8,16H,7H2,1H3. The Bertz CT molecular complexity index is 531. The summed E-state index contributed by atoms with van der Waals surface area (Å²) in [6.45, 7) is 0.747. The van der Waals surface area contributed by atoms with Crippen molar-refractivity contribution < 1.29 is 9.13 Å². The molecule has 94 valence electrons. The lowest BCUT2D eigenvalue weighted by Gasteiger charge is -2.07. The Morgan fingerprint density at radius 3 is 2.83 bits per heavy atom. The van der Waals surface area contributed by atoms with E-state index in [1.54, 1.807) is 18.3 Å². The number of nitrogens with zero attached hydrogens (tertiary/aromatic N) is 1. The average molecular weight is 311 g/mol. The third-order valence-corrected chi connectivity index (χ3v) is 2.94. The van der Waals surface area contributed by atoms with Gasteiger partial charge < -0.3 is 10.1 Å². The van der Waals surface area contributed by atoms with Crippen LogP contribution in [0.2, 0.25) is 0 Å².